The molecule has 3 aromatic carbocycles. The van der Waals surface area contributed by atoms with Gasteiger partial charge in [0.05, 0.1) is 4.92 Å². The first-order valence-electron chi connectivity index (χ1n) is 9.33. The zero-order chi connectivity index (χ0) is 22.4. The van der Waals surface area contributed by atoms with Crippen LogP contribution in [-0.4, -0.2) is 10.7 Å². The Morgan fingerprint density at radius 3 is 1.90 bits per heavy atom. The highest BCUT2D eigenvalue weighted by molar-refractivity contribution is 7.55. The van der Waals surface area contributed by atoms with Gasteiger partial charge in [-0.25, -0.2) is 4.57 Å². The fourth-order valence-electron chi connectivity index (χ4n) is 2.96. The molecule has 0 radical (unpaired) electrons. The van der Waals surface area contributed by atoms with Gasteiger partial charge >= 0.3 is 7.60 Å². The van der Waals surface area contributed by atoms with E-state index >= 15 is 0 Å². The highest BCUT2D eigenvalue weighted by Gasteiger charge is 2.44. The number of nitro groups is 1. The molecule has 0 bridgehead atoms. The van der Waals surface area contributed by atoms with E-state index in [-0.39, 0.29) is 28.3 Å². The lowest BCUT2D eigenvalue weighted by molar-refractivity contribution is -0.384. The van der Waals surface area contributed by atoms with Crippen molar-refractivity contribution in [2.75, 3.05) is 0 Å². The molecule has 8 heteroatoms. The van der Waals surface area contributed by atoms with Crippen LogP contribution in [-0.2, 0) is 9.36 Å². The zero-order valence-corrected chi connectivity index (χ0v) is 17.6. The van der Waals surface area contributed by atoms with Crippen molar-refractivity contribution in [2.24, 2.45) is 0 Å². The van der Waals surface area contributed by atoms with E-state index in [4.69, 9.17) is 9.05 Å². The summed E-state index contributed by atoms with van der Waals surface area (Å²) in [7, 11) is -4.20. The van der Waals surface area contributed by atoms with Gasteiger partial charge < -0.3 is 9.05 Å². The molecule has 3 aromatic rings. The molecule has 0 aliphatic rings. The summed E-state index contributed by atoms with van der Waals surface area (Å²) >= 11 is 0. The van der Waals surface area contributed by atoms with E-state index in [9.17, 15) is 19.5 Å². The standard InChI is InChI=1S/C23H20NO6P/c1-17(18(2)25)23(19-10-9-11-20(16-19)24(26)27)31(28,29-21-12-5-3-6-13-21)30-22-14-7-4-8-15-22/h3-16,23H,1H2,2H3. The maximum absolute atomic E-state index is 14.3. The minimum Gasteiger partial charge on any atom is -0.415 e. The summed E-state index contributed by atoms with van der Waals surface area (Å²) in [5.74, 6) is 0.0761. The number of nitrogens with zero attached hydrogens (tertiary/aromatic N) is 1. The van der Waals surface area contributed by atoms with E-state index in [1.54, 1.807) is 60.7 Å². The Balaban J connectivity index is 2.17. The summed E-state index contributed by atoms with van der Waals surface area (Å²) in [5, 5.41) is 11.3. The molecular formula is C23H20NO6P. The number of ketones is 1. The molecule has 0 spiro atoms. The van der Waals surface area contributed by atoms with Crippen LogP contribution in [0.3, 0.4) is 0 Å². The third-order valence-electron chi connectivity index (χ3n) is 4.45. The van der Waals surface area contributed by atoms with Gasteiger partial charge in [-0.3, -0.25) is 14.9 Å². The summed E-state index contributed by atoms with van der Waals surface area (Å²) in [6.45, 7) is 5.08. The number of hydrogen-bond donors (Lipinski definition) is 0. The quantitative estimate of drug-likeness (QED) is 0.173. The number of carbonyl (C=O) groups is 1. The Labute approximate surface area is 179 Å². The van der Waals surface area contributed by atoms with Crippen molar-refractivity contribution >= 4 is 19.1 Å². The first kappa shape index (κ1) is 22.0. The molecule has 0 N–H and O–H groups in total. The maximum atomic E-state index is 14.3. The molecule has 0 heterocycles. The van der Waals surface area contributed by atoms with Crippen LogP contribution in [0, 0.1) is 10.1 Å². The SMILES string of the molecule is C=C(C(C)=O)C(c1cccc([N+](=O)[O-])c1)P(=O)(Oc1ccccc1)Oc1ccccc1. The minimum absolute atomic E-state index is 0.0457. The largest absolute Gasteiger partial charge is 0.442 e. The van der Waals surface area contributed by atoms with Gasteiger partial charge in [0, 0.05) is 17.7 Å². The summed E-state index contributed by atoms with van der Waals surface area (Å²) in [5.41, 5.74) is -1.30. The number of carbonyl (C=O) groups excluding carboxylic acids is 1. The summed E-state index contributed by atoms with van der Waals surface area (Å²) < 4.78 is 25.9. The van der Waals surface area contributed by atoms with Crippen molar-refractivity contribution in [3.8, 4) is 11.5 Å². The second kappa shape index (κ2) is 9.41. The molecule has 7 nitrogen and oxygen atoms in total. The number of allylic oxidation sites excluding steroid dienone is 1. The number of non-ortho nitro benzene ring substituents is 1. The smallest absolute Gasteiger partial charge is 0.415 e. The van der Waals surface area contributed by atoms with Crippen LogP contribution in [0.1, 0.15) is 18.1 Å². The summed E-state index contributed by atoms with van der Waals surface area (Å²) in [6, 6.07) is 22.2. The lowest BCUT2D eigenvalue weighted by Crippen LogP contribution is -2.16. The second-order valence-electron chi connectivity index (χ2n) is 6.68. The molecule has 3 rings (SSSR count). The minimum atomic E-state index is -4.20. The van der Waals surface area contributed by atoms with E-state index < -0.39 is 24.0 Å². The van der Waals surface area contributed by atoms with Crippen LogP contribution in [0.15, 0.2) is 97.1 Å². The molecule has 0 saturated heterocycles. The first-order valence-corrected chi connectivity index (χ1v) is 10.9. The third kappa shape index (κ3) is 5.27. The van der Waals surface area contributed by atoms with Crippen molar-refractivity contribution < 1.29 is 23.3 Å². The highest BCUT2D eigenvalue weighted by Crippen LogP contribution is 2.63. The normalized spacial score (nSPS) is 11.9. The van der Waals surface area contributed by atoms with Gasteiger partial charge in [0.15, 0.2) is 5.78 Å². The average molecular weight is 437 g/mol. The van der Waals surface area contributed by atoms with E-state index in [0.29, 0.717) is 0 Å². The molecule has 1 atom stereocenters. The van der Waals surface area contributed by atoms with Gasteiger partial charge in [0.25, 0.3) is 5.69 Å². The van der Waals surface area contributed by atoms with Crippen LogP contribution in [0.4, 0.5) is 5.69 Å². The molecule has 0 aliphatic heterocycles. The molecule has 0 fully saturated rings. The predicted molar refractivity (Wildman–Crippen MR) is 117 cm³/mol. The Hall–Kier alpha value is -3.70. The molecule has 0 aliphatic carbocycles. The number of hydrogen-bond acceptors (Lipinski definition) is 6. The third-order valence-corrected chi connectivity index (χ3v) is 6.62. The van der Waals surface area contributed by atoms with Gasteiger partial charge in [0.2, 0.25) is 0 Å². The number of rotatable bonds is 9. The van der Waals surface area contributed by atoms with Gasteiger partial charge in [-0.05, 0) is 36.8 Å². The van der Waals surface area contributed by atoms with E-state index in [2.05, 4.69) is 6.58 Å². The lowest BCUT2D eigenvalue weighted by atomic mass is 10.0. The van der Waals surface area contributed by atoms with Crippen molar-refractivity contribution in [2.45, 2.75) is 12.6 Å². The average Bonchev–Trinajstić information content (AvgIpc) is 2.75. The molecule has 158 valence electrons. The number of benzene rings is 3. The fraction of sp³-hybridized carbons (Fsp3) is 0.0870. The van der Waals surface area contributed by atoms with E-state index in [1.807, 2.05) is 0 Å². The number of Topliss-reactive ketones (excluding diaryl/α,β-unsaturated/α-hetero) is 1. The van der Waals surface area contributed by atoms with E-state index in [1.165, 1.54) is 31.2 Å². The van der Waals surface area contributed by atoms with Crippen LogP contribution in [0.25, 0.3) is 0 Å². The second-order valence-corrected chi connectivity index (χ2v) is 8.65. The zero-order valence-electron chi connectivity index (χ0n) is 16.7. The Bertz CT molecular complexity index is 1100. The molecule has 1 unspecified atom stereocenters. The van der Waals surface area contributed by atoms with E-state index in [0.717, 1.165) is 0 Å². The summed E-state index contributed by atoms with van der Waals surface area (Å²) in [6.07, 6.45) is 0. The van der Waals surface area contributed by atoms with Crippen LogP contribution >= 0.6 is 7.60 Å². The topological polar surface area (TPSA) is 95.7 Å². The fourth-order valence-corrected chi connectivity index (χ4v) is 5.12. The Morgan fingerprint density at radius 1 is 0.935 bits per heavy atom. The number of nitro benzene ring substituents is 1. The predicted octanol–water partition coefficient (Wildman–Crippen LogP) is 6.13. The molecule has 31 heavy (non-hydrogen) atoms. The first-order chi connectivity index (χ1) is 14.8. The number of para-hydroxylation sites is 2. The molecular weight excluding hydrogens is 417 g/mol. The van der Waals surface area contributed by atoms with Crippen molar-refractivity contribution in [3.63, 3.8) is 0 Å². The summed E-state index contributed by atoms with van der Waals surface area (Å²) in [4.78, 5) is 23.0. The van der Waals surface area contributed by atoms with Gasteiger partial charge in [-0.1, -0.05) is 55.1 Å². The Kier molecular flexibility index (Phi) is 6.68. The van der Waals surface area contributed by atoms with Gasteiger partial charge in [0.1, 0.15) is 17.2 Å². The Morgan fingerprint density at radius 2 is 1.45 bits per heavy atom. The van der Waals surface area contributed by atoms with Gasteiger partial charge in [-0.2, -0.15) is 0 Å². The van der Waals surface area contributed by atoms with Crippen molar-refractivity contribution in [1.29, 1.82) is 0 Å². The highest BCUT2D eigenvalue weighted by atomic mass is 31.2. The molecule has 0 amide bonds. The van der Waals surface area contributed by atoms with Gasteiger partial charge in [-0.15, -0.1) is 0 Å². The molecule has 0 saturated carbocycles. The lowest BCUT2D eigenvalue weighted by Gasteiger charge is -2.28. The van der Waals surface area contributed by atoms with Crippen molar-refractivity contribution in [1.82, 2.24) is 0 Å². The van der Waals surface area contributed by atoms with Crippen LogP contribution in [0.5, 0.6) is 11.5 Å². The molecule has 0 aromatic heterocycles. The maximum Gasteiger partial charge on any atom is 0.442 e. The van der Waals surface area contributed by atoms with Crippen LogP contribution < -0.4 is 9.05 Å². The van der Waals surface area contributed by atoms with Crippen molar-refractivity contribution in [3.05, 3.63) is 113 Å². The van der Waals surface area contributed by atoms with Crippen LogP contribution in [0.2, 0.25) is 0 Å². The monoisotopic (exact) mass is 437 g/mol.